The molecule has 1 N–H and O–H groups in total. The van der Waals surface area contributed by atoms with Crippen LogP contribution in [0, 0.1) is 11.8 Å². The first kappa shape index (κ1) is 15.8. The molecule has 1 fully saturated rings. The van der Waals surface area contributed by atoms with Crippen LogP contribution in [-0.4, -0.2) is 20.4 Å². The summed E-state index contributed by atoms with van der Waals surface area (Å²) in [4.78, 5) is 12.1. The fourth-order valence-electron chi connectivity index (χ4n) is 2.90. The van der Waals surface area contributed by atoms with E-state index in [9.17, 15) is 13.2 Å². The third-order valence-corrected chi connectivity index (χ3v) is 6.63. The Hall–Kier alpha value is -0.590. The van der Waals surface area contributed by atoms with E-state index in [1.165, 1.54) is 17.9 Å². The largest absolute Gasteiger partial charge is 0.349 e. The molecule has 1 aromatic rings. The van der Waals surface area contributed by atoms with Crippen LogP contribution in [-0.2, 0) is 9.05 Å². The van der Waals surface area contributed by atoms with Gasteiger partial charge >= 0.3 is 0 Å². The van der Waals surface area contributed by atoms with Crippen LogP contribution in [0.3, 0.4) is 0 Å². The summed E-state index contributed by atoms with van der Waals surface area (Å²) in [5.74, 6) is 0.981. The molecule has 4 nitrogen and oxygen atoms in total. The van der Waals surface area contributed by atoms with Gasteiger partial charge in [-0.2, -0.15) is 0 Å². The van der Waals surface area contributed by atoms with E-state index in [4.69, 9.17) is 10.7 Å². The summed E-state index contributed by atoms with van der Waals surface area (Å²) < 4.78 is 22.4. The average Bonchev–Trinajstić information content (AvgIpc) is 2.75. The first-order valence-corrected chi connectivity index (χ1v) is 9.78. The van der Waals surface area contributed by atoms with E-state index in [0.717, 1.165) is 24.2 Å². The predicted octanol–water partition coefficient (Wildman–Crippen LogP) is 3.23. The van der Waals surface area contributed by atoms with E-state index >= 15 is 0 Å². The first-order chi connectivity index (χ1) is 9.25. The van der Waals surface area contributed by atoms with Gasteiger partial charge in [0.15, 0.2) is 0 Å². The second kappa shape index (κ2) is 6.03. The van der Waals surface area contributed by atoms with Crippen LogP contribution in [0.5, 0.6) is 0 Å². The quantitative estimate of drug-likeness (QED) is 0.862. The molecule has 0 radical (unpaired) electrons. The monoisotopic (exact) mass is 335 g/mol. The summed E-state index contributed by atoms with van der Waals surface area (Å²) in [5.41, 5.74) is 0.361. The summed E-state index contributed by atoms with van der Waals surface area (Å²) in [6.07, 6.45) is 3.14. The Morgan fingerprint density at radius 1 is 1.30 bits per heavy atom. The SMILES string of the molecule is CC1CC(C)CC(NC(=O)c2csc(S(=O)(=O)Cl)c2)C1. The Kier molecular flexibility index (Phi) is 4.76. The lowest BCUT2D eigenvalue weighted by molar-refractivity contribution is 0.0911. The van der Waals surface area contributed by atoms with Crippen molar-refractivity contribution in [3.05, 3.63) is 17.0 Å². The number of rotatable bonds is 3. The summed E-state index contributed by atoms with van der Waals surface area (Å²) in [5, 5.41) is 4.52. The molecule has 1 saturated carbocycles. The molecule has 2 rings (SSSR count). The zero-order valence-electron chi connectivity index (χ0n) is 11.4. The van der Waals surface area contributed by atoms with Crippen molar-refractivity contribution in [3.8, 4) is 0 Å². The van der Waals surface area contributed by atoms with Gasteiger partial charge in [-0.05, 0) is 37.2 Å². The van der Waals surface area contributed by atoms with Crippen LogP contribution < -0.4 is 5.32 Å². The first-order valence-electron chi connectivity index (χ1n) is 6.59. The van der Waals surface area contributed by atoms with Gasteiger partial charge in [-0.25, -0.2) is 8.42 Å². The smallest absolute Gasteiger partial charge is 0.270 e. The van der Waals surface area contributed by atoms with Crippen molar-refractivity contribution in [1.82, 2.24) is 5.32 Å². The molecule has 7 heteroatoms. The van der Waals surface area contributed by atoms with Gasteiger partial charge in [0, 0.05) is 22.1 Å². The molecule has 1 aliphatic carbocycles. The third kappa shape index (κ3) is 3.96. The maximum atomic E-state index is 12.1. The zero-order valence-corrected chi connectivity index (χ0v) is 13.8. The lowest BCUT2D eigenvalue weighted by Gasteiger charge is -2.31. The molecule has 1 aliphatic rings. The number of thiophene rings is 1. The van der Waals surface area contributed by atoms with E-state index in [1.807, 2.05) is 0 Å². The van der Waals surface area contributed by atoms with E-state index in [-0.39, 0.29) is 16.2 Å². The second-order valence-electron chi connectivity index (χ2n) is 5.68. The normalized spacial score (nSPS) is 27.2. The zero-order chi connectivity index (χ0) is 14.9. The van der Waals surface area contributed by atoms with Crippen molar-refractivity contribution >= 4 is 37.0 Å². The van der Waals surface area contributed by atoms with Crippen molar-refractivity contribution in [1.29, 1.82) is 0 Å². The highest BCUT2D eigenvalue weighted by atomic mass is 35.7. The molecular weight excluding hydrogens is 318 g/mol. The summed E-state index contributed by atoms with van der Waals surface area (Å²) in [6, 6.07) is 1.50. The van der Waals surface area contributed by atoms with E-state index in [2.05, 4.69) is 19.2 Å². The van der Waals surface area contributed by atoms with Gasteiger partial charge in [0.1, 0.15) is 4.21 Å². The molecule has 0 spiro atoms. The Labute approximate surface area is 127 Å². The van der Waals surface area contributed by atoms with Gasteiger partial charge in [-0.15, -0.1) is 11.3 Å². The van der Waals surface area contributed by atoms with Gasteiger partial charge in [0.05, 0.1) is 5.56 Å². The highest BCUT2D eigenvalue weighted by Gasteiger charge is 2.26. The highest BCUT2D eigenvalue weighted by molar-refractivity contribution is 8.15. The molecule has 2 atom stereocenters. The summed E-state index contributed by atoms with van der Waals surface area (Å²) in [6.45, 7) is 4.38. The minimum absolute atomic E-state index is 0.00898. The molecule has 20 heavy (non-hydrogen) atoms. The minimum atomic E-state index is -3.76. The van der Waals surface area contributed by atoms with Gasteiger partial charge in [-0.3, -0.25) is 4.79 Å². The van der Waals surface area contributed by atoms with Crippen LogP contribution in [0.4, 0.5) is 0 Å². The minimum Gasteiger partial charge on any atom is -0.349 e. The van der Waals surface area contributed by atoms with Crippen molar-refractivity contribution < 1.29 is 13.2 Å². The van der Waals surface area contributed by atoms with Gasteiger partial charge in [0.25, 0.3) is 15.0 Å². The molecule has 0 aliphatic heterocycles. The molecule has 0 saturated heterocycles. The van der Waals surface area contributed by atoms with Crippen LogP contribution in [0.25, 0.3) is 0 Å². The Balaban J connectivity index is 2.03. The van der Waals surface area contributed by atoms with Crippen LogP contribution in [0.2, 0.25) is 0 Å². The Morgan fingerprint density at radius 2 is 1.90 bits per heavy atom. The number of hydrogen-bond donors (Lipinski definition) is 1. The molecule has 1 aromatic heterocycles. The molecule has 1 heterocycles. The number of amides is 1. The maximum absolute atomic E-state index is 12.1. The molecule has 2 unspecified atom stereocenters. The summed E-state index contributed by atoms with van der Waals surface area (Å²) in [7, 11) is 1.50. The van der Waals surface area contributed by atoms with Crippen molar-refractivity contribution in [2.45, 2.75) is 43.4 Å². The number of nitrogens with one attached hydrogen (secondary N) is 1. The number of carbonyl (C=O) groups excluding carboxylic acids is 1. The Morgan fingerprint density at radius 3 is 2.40 bits per heavy atom. The number of carbonyl (C=O) groups is 1. The topological polar surface area (TPSA) is 63.2 Å². The fraction of sp³-hybridized carbons (Fsp3) is 0.615. The fourth-order valence-corrected chi connectivity index (χ4v) is 4.84. The van der Waals surface area contributed by atoms with Crippen molar-refractivity contribution in [2.24, 2.45) is 11.8 Å². The number of halogens is 1. The standard InChI is InChI=1S/C13H18ClNO3S2/c1-8-3-9(2)5-11(4-8)15-13(16)10-6-12(19-7-10)20(14,17)18/h6-9,11H,3-5H2,1-2H3,(H,15,16). The van der Waals surface area contributed by atoms with E-state index < -0.39 is 9.05 Å². The highest BCUT2D eigenvalue weighted by Crippen LogP contribution is 2.29. The maximum Gasteiger partial charge on any atom is 0.270 e. The lowest BCUT2D eigenvalue weighted by Crippen LogP contribution is -2.39. The van der Waals surface area contributed by atoms with Crippen molar-refractivity contribution in [2.75, 3.05) is 0 Å². The van der Waals surface area contributed by atoms with Crippen LogP contribution in [0.1, 0.15) is 43.5 Å². The molecular formula is C13H18ClNO3S2. The number of hydrogen-bond acceptors (Lipinski definition) is 4. The molecule has 0 bridgehead atoms. The molecule has 1 amide bonds. The molecule has 112 valence electrons. The second-order valence-corrected chi connectivity index (χ2v) is 9.38. The lowest BCUT2D eigenvalue weighted by atomic mass is 9.80. The Bertz CT molecular complexity index is 587. The van der Waals surface area contributed by atoms with Crippen molar-refractivity contribution in [3.63, 3.8) is 0 Å². The van der Waals surface area contributed by atoms with E-state index in [0.29, 0.717) is 17.4 Å². The van der Waals surface area contributed by atoms with Gasteiger partial charge < -0.3 is 5.32 Å². The molecule has 0 aromatic carbocycles. The summed E-state index contributed by atoms with van der Waals surface area (Å²) >= 11 is 0.967. The van der Waals surface area contributed by atoms with Crippen LogP contribution >= 0.6 is 22.0 Å². The van der Waals surface area contributed by atoms with E-state index in [1.54, 1.807) is 0 Å². The third-order valence-electron chi connectivity index (χ3n) is 3.59. The van der Waals surface area contributed by atoms with Gasteiger partial charge in [0.2, 0.25) is 0 Å². The average molecular weight is 336 g/mol. The van der Waals surface area contributed by atoms with Gasteiger partial charge in [-0.1, -0.05) is 13.8 Å². The predicted molar refractivity (Wildman–Crippen MR) is 80.8 cm³/mol. The van der Waals surface area contributed by atoms with Crippen LogP contribution in [0.15, 0.2) is 15.7 Å².